The highest BCUT2D eigenvalue weighted by Gasteiger charge is 2.03. The number of hydrogen-bond donors (Lipinski definition) is 3. The Morgan fingerprint density at radius 3 is 1.30 bits per heavy atom. The van der Waals surface area contributed by atoms with Crippen LogP contribution in [0.2, 0.25) is 0 Å². The Bertz CT molecular complexity index is 1200. The number of hydrogen-bond acceptors (Lipinski definition) is 3. The molecule has 44 heavy (non-hydrogen) atoms. The molecule has 0 aromatic heterocycles. The summed E-state index contributed by atoms with van der Waals surface area (Å²) in [5.41, 5.74) is 10.4. The third-order valence-corrected chi connectivity index (χ3v) is 8.05. The molecule has 0 unspecified atom stereocenters. The molecule has 0 radical (unpaired) electrons. The van der Waals surface area contributed by atoms with Crippen LogP contribution in [0, 0.1) is 0 Å². The third-order valence-electron chi connectivity index (χ3n) is 8.05. The number of rotatable bonds is 21. The standard InChI is InChI=1S/C41H62O3/c1-32(2)14-8-15-33(3)16-9-17-34(4)18-10-19-35(5)20-11-21-36(6)22-12-23-37(7)24-13-25-38(31-42)26-27-39-30-40(43)28-29-41(39)44/h14,16,18,20,22,24,26,28-30,42-44H,8-13,15,17,19,21,23,25,27,31H2,1-7H3/b33-16+,34-18+,35-20+,36-22+,37-24+,38-26-. The Hall–Kier alpha value is -3.04. The van der Waals surface area contributed by atoms with Gasteiger partial charge in [-0.25, -0.2) is 0 Å². The first kappa shape index (κ1) is 39.0. The van der Waals surface area contributed by atoms with Gasteiger partial charge in [0.25, 0.3) is 0 Å². The summed E-state index contributed by atoms with van der Waals surface area (Å²) in [6.07, 6.45) is 29.6. The van der Waals surface area contributed by atoms with Gasteiger partial charge in [-0.3, -0.25) is 0 Å². The van der Waals surface area contributed by atoms with Gasteiger partial charge in [0.1, 0.15) is 11.5 Å². The first-order chi connectivity index (χ1) is 21.0. The molecule has 0 aliphatic rings. The van der Waals surface area contributed by atoms with Crippen molar-refractivity contribution < 1.29 is 15.3 Å². The number of phenols is 2. The minimum Gasteiger partial charge on any atom is -0.508 e. The Morgan fingerprint density at radius 2 is 0.909 bits per heavy atom. The van der Waals surface area contributed by atoms with E-state index in [1.165, 1.54) is 52.0 Å². The summed E-state index contributed by atoms with van der Waals surface area (Å²) in [6, 6.07) is 4.53. The van der Waals surface area contributed by atoms with Crippen molar-refractivity contribution in [2.45, 2.75) is 132 Å². The lowest BCUT2D eigenvalue weighted by molar-refractivity contribution is 0.326. The van der Waals surface area contributed by atoms with Crippen LogP contribution in [0.25, 0.3) is 0 Å². The number of phenolic OH excluding ortho intramolecular Hbond substituents is 2. The van der Waals surface area contributed by atoms with Crippen LogP contribution >= 0.6 is 0 Å². The topological polar surface area (TPSA) is 60.7 Å². The SMILES string of the molecule is CC(C)=CCC/C(C)=C/CC/C(C)=C/CC/C(C)=C/CC/C(C)=C/CC/C(C)=C/CC/C(=C/Cc1cc(O)ccc1O)CO. The van der Waals surface area contributed by atoms with E-state index in [0.717, 1.165) is 76.2 Å². The van der Waals surface area contributed by atoms with Crippen LogP contribution in [0.15, 0.2) is 99.7 Å². The molecule has 1 aromatic carbocycles. The minimum atomic E-state index is 0.00772. The van der Waals surface area contributed by atoms with Gasteiger partial charge in [-0.05, 0) is 156 Å². The van der Waals surface area contributed by atoms with Crippen molar-refractivity contribution in [2.75, 3.05) is 6.61 Å². The van der Waals surface area contributed by atoms with Gasteiger partial charge in [0, 0.05) is 5.56 Å². The lowest BCUT2D eigenvalue weighted by atomic mass is 10.0. The molecule has 3 heteroatoms. The molecular weight excluding hydrogens is 540 g/mol. The summed E-state index contributed by atoms with van der Waals surface area (Å²) in [6.45, 7) is 15.6. The predicted octanol–water partition coefficient (Wildman–Crippen LogP) is 11.9. The highest BCUT2D eigenvalue weighted by molar-refractivity contribution is 5.40. The van der Waals surface area contributed by atoms with E-state index in [9.17, 15) is 15.3 Å². The maximum atomic E-state index is 9.95. The molecule has 0 aliphatic carbocycles. The van der Waals surface area contributed by atoms with Crippen LogP contribution in [-0.2, 0) is 6.42 Å². The summed E-state index contributed by atoms with van der Waals surface area (Å²) in [4.78, 5) is 0. The normalized spacial score (nSPS) is 13.9. The molecule has 0 heterocycles. The van der Waals surface area contributed by atoms with Gasteiger partial charge in [0.15, 0.2) is 0 Å². The molecule has 244 valence electrons. The van der Waals surface area contributed by atoms with E-state index >= 15 is 0 Å². The Balaban J connectivity index is 2.30. The Kier molecular flexibility index (Phi) is 20.7. The summed E-state index contributed by atoms with van der Waals surface area (Å²) in [5, 5.41) is 29.3. The zero-order valence-electron chi connectivity index (χ0n) is 29.0. The molecule has 0 saturated carbocycles. The van der Waals surface area contributed by atoms with Crippen LogP contribution in [0.3, 0.4) is 0 Å². The van der Waals surface area contributed by atoms with Crippen LogP contribution in [-0.4, -0.2) is 21.9 Å². The molecule has 0 bridgehead atoms. The maximum absolute atomic E-state index is 9.95. The van der Waals surface area contributed by atoms with Crippen molar-refractivity contribution in [3.8, 4) is 11.5 Å². The molecule has 1 aromatic rings. The third kappa shape index (κ3) is 20.0. The fourth-order valence-electron chi connectivity index (χ4n) is 5.02. The second-order valence-electron chi connectivity index (χ2n) is 12.8. The van der Waals surface area contributed by atoms with Crippen molar-refractivity contribution in [1.29, 1.82) is 0 Å². The van der Waals surface area contributed by atoms with Gasteiger partial charge < -0.3 is 15.3 Å². The second kappa shape index (κ2) is 23.4. The van der Waals surface area contributed by atoms with Crippen molar-refractivity contribution in [3.05, 3.63) is 105 Å². The lowest BCUT2D eigenvalue weighted by Gasteiger charge is -2.06. The Labute approximate surface area is 270 Å². The first-order valence-electron chi connectivity index (χ1n) is 16.7. The summed E-state index contributed by atoms with van der Waals surface area (Å²) in [7, 11) is 0. The van der Waals surface area contributed by atoms with Gasteiger partial charge in [-0.1, -0.05) is 76.0 Å². The minimum absolute atomic E-state index is 0.00772. The number of allylic oxidation sites excluding steroid dienone is 13. The smallest absolute Gasteiger partial charge is 0.119 e. The van der Waals surface area contributed by atoms with E-state index in [2.05, 4.69) is 84.9 Å². The molecule has 0 aliphatic heterocycles. The van der Waals surface area contributed by atoms with Crippen LogP contribution in [0.5, 0.6) is 11.5 Å². The molecule has 0 atom stereocenters. The van der Waals surface area contributed by atoms with Crippen molar-refractivity contribution in [1.82, 2.24) is 0 Å². The van der Waals surface area contributed by atoms with Crippen LogP contribution in [0.4, 0.5) is 0 Å². The molecule has 0 saturated heterocycles. The molecule has 0 amide bonds. The first-order valence-corrected chi connectivity index (χ1v) is 16.7. The number of aromatic hydroxyl groups is 2. The average molecular weight is 603 g/mol. The van der Waals surface area contributed by atoms with Gasteiger partial charge >= 0.3 is 0 Å². The summed E-state index contributed by atoms with van der Waals surface area (Å²) < 4.78 is 0. The summed E-state index contributed by atoms with van der Waals surface area (Å²) >= 11 is 0. The van der Waals surface area contributed by atoms with Crippen molar-refractivity contribution in [2.24, 2.45) is 0 Å². The molecule has 1 rings (SSSR count). The lowest BCUT2D eigenvalue weighted by Crippen LogP contribution is -1.93. The zero-order chi connectivity index (χ0) is 32.7. The highest BCUT2D eigenvalue weighted by Crippen LogP contribution is 2.24. The zero-order valence-corrected chi connectivity index (χ0v) is 29.0. The maximum Gasteiger partial charge on any atom is 0.119 e. The van der Waals surface area contributed by atoms with Crippen molar-refractivity contribution >= 4 is 0 Å². The second-order valence-corrected chi connectivity index (χ2v) is 12.8. The average Bonchev–Trinajstić information content (AvgIpc) is 2.96. The van der Waals surface area contributed by atoms with Crippen LogP contribution < -0.4 is 0 Å². The molecule has 3 nitrogen and oxygen atoms in total. The van der Waals surface area contributed by atoms with E-state index < -0.39 is 0 Å². The quantitative estimate of drug-likeness (QED) is 0.0969. The predicted molar refractivity (Wildman–Crippen MR) is 192 cm³/mol. The van der Waals surface area contributed by atoms with E-state index in [-0.39, 0.29) is 18.1 Å². The van der Waals surface area contributed by atoms with Gasteiger partial charge in [-0.2, -0.15) is 0 Å². The molecule has 0 fully saturated rings. The van der Waals surface area contributed by atoms with Gasteiger partial charge in [0.05, 0.1) is 6.61 Å². The van der Waals surface area contributed by atoms with Gasteiger partial charge in [-0.15, -0.1) is 0 Å². The van der Waals surface area contributed by atoms with E-state index in [0.29, 0.717) is 12.0 Å². The largest absolute Gasteiger partial charge is 0.508 e. The molecular formula is C41H62O3. The van der Waals surface area contributed by atoms with E-state index in [1.54, 1.807) is 6.07 Å². The fraction of sp³-hybridized carbons (Fsp3) is 0.512. The summed E-state index contributed by atoms with van der Waals surface area (Å²) in [5.74, 6) is 0.298. The molecule has 0 spiro atoms. The fourth-order valence-corrected chi connectivity index (χ4v) is 5.02. The van der Waals surface area contributed by atoms with E-state index in [4.69, 9.17) is 0 Å². The molecule has 3 N–H and O–H groups in total. The highest BCUT2D eigenvalue weighted by atomic mass is 16.3. The monoisotopic (exact) mass is 602 g/mol. The van der Waals surface area contributed by atoms with Crippen molar-refractivity contribution in [3.63, 3.8) is 0 Å². The Morgan fingerprint density at radius 1 is 0.523 bits per heavy atom. The number of aliphatic hydroxyl groups is 1. The van der Waals surface area contributed by atoms with E-state index in [1.807, 2.05) is 6.08 Å². The van der Waals surface area contributed by atoms with Gasteiger partial charge in [0.2, 0.25) is 0 Å². The van der Waals surface area contributed by atoms with Crippen LogP contribution in [0.1, 0.15) is 131 Å². The number of benzene rings is 1. The number of aliphatic hydroxyl groups excluding tert-OH is 1.